The molecule has 0 saturated heterocycles. The average Bonchev–Trinajstić information content (AvgIpc) is 2.61. The molecule has 0 aliphatic heterocycles. The van der Waals surface area contributed by atoms with Crippen LogP contribution in [0.15, 0.2) is 30.3 Å². The van der Waals surface area contributed by atoms with Crippen molar-refractivity contribution in [1.29, 1.82) is 0 Å². The maximum Gasteiger partial charge on any atom is 0.329 e. The molecule has 1 aliphatic carbocycles. The topological polar surface area (TPSA) is 95.5 Å². The summed E-state index contributed by atoms with van der Waals surface area (Å²) in [7, 11) is 0. The largest absolute Gasteiger partial charge is 0.480 e. The molecule has 1 aromatic rings. The summed E-state index contributed by atoms with van der Waals surface area (Å²) in [5.74, 6) is -1.19. The van der Waals surface area contributed by atoms with Crippen LogP contribution in [0.1, 0.15) is 44.6 Å². The van der Waals surface area contributed by atoms with E-state index >= 15 is 0 Å². The zero-order chi connectivity index (χ0) is 18.3. The van der Waals surface area contributed by atoms with Crippen molar-refractivity contribution in [1.82, 2.24) is 10.6 Å². The van der Waals surface area contributed by atoms with Gasteiger partial charge in [0.15, 0.2) is 0 Å². The molecule has 2 amide bonds. The number of nitrogens with one attached hydrogen (secondary N) is 2. The maximum absolute atomic E-state index is 12.1. The van der Waals surface area contributed by atoms with Gasteiger partial charge in [-0.15, -0.1) is 0 Å². The molecule has 0 heterocycles. The predicted octanol–water partition coefficient (Wildman–Crippen LogP) is 1.89. The van der Waals surface area contributed by atoms with Gasteiger partial charge in [0, 0.05) is 0 Å². The van der Waals surface area contributed by atoms with Gasteiger partial charge < -0.3 is 15.7 Å². The average molecular weight is 346 g/mol. The Kier molecular flexibility index (Phi) is 6.56. The fourth-order valence-electron chi connectivity index (χ4n) is 3.30. The van der Waals surface area contributed by atoms with Crippen LogP contribution in [0.3, 0.4) is 0 Å². The highest BCUT2D eigenvalue weighted by Gasteiger charge is 2.42. The first kappa shape index (κ1) is 19.0. The van der Waals surface area contributed by atoms with Crippen LogP contribution >= 0.6 is 0 Å². The summed E-state index contributed by atoms with van der Waals surface area (Å²) in [4.78, 5) is 35.7. The van der Waals surface area contributed by atoms with Crippen LogP contribution in [0.4, 0.5) is 0 Å². The molecule has 0 aromatic heterocycles. The van der Waals surface area contributed by atoms with E-state index in [9.17, 15) is 19.5 Å². The number of hydrogen-bond donors (Lipinski definition) is 3. The van der Waals surface area contributed by atoms with Crippen molar-refractivity contribution in [2.24, 2.45) is 5.92 Å². The lowest BCUT2D eigenvalue weighted by Crippen LogP contribution is -2.58. The van der Waals surface area contributed by atoms with Gasteiger partial charge >= 0.3 is 5.97 Å². The molecule has 0 radical (unpaired) electrons. The summed E-state index contributed by atoms with van der Waals surface area (Å²) >= 11 is 0. The van der Waals surface area contributed by atoms with E-state index in [4.69, 9.17) is 0 Å². The van der Waals surface area contributed by atoms with Crippen LogP contribution < -0.4 is 10.6 Å². The number of benzene rings is 1. The van der Waals surface area contributed by atoms with E-state index in [1.165, 1.54) is 0 Å². The molecule has 0 unspecified atom stereocenters. The molecule has 25 heavy (non-hydrogen) atoms. The summed E-state index contributed by atoms with van der Waals surface area (Å²) in [6.07, 6.45) is 3.68. The molecule has 1 aromatic carbocycles. The highest BCUT2D eigenvalue weighted by molar-refractivity contribution is 5.90. The van der Waals surface area contributed by atoms with Gasteiger partial charge in [-0.2, -0.15) is 0 Å². The molecule has 1 aliphatic rings. The van der Waals surface area contributed by atoms with Gasteiger partial charge in [-0.3, -0.25) is 9.59 Å². The van der Waals surface area contributed by atoms with Crippen molar-refractivity contribution in [3.8, 4) is 0 Å². The van der Waals surface area contributed by atoms with E-state index in [1.807, 2.05) is 30.3 Å². The second-order valence-electron chi connectivity index (χ2n) is 6.73. The number of carbonyl (C=O) groups is 3. The van der Waals surface area contributed by atoms with Crippen molar-refractivity contribution in [2.75, 3.05) is 6.54 Å². The van der Waals surface area contributed by atoms with Crippen LogP contribution in [0.2, 0.25) is 0 Å². The second kappa shape index (κ2) is 8.65. The van der Waals surface area contributed by atoms with E-state index < -0.39 is 17.4 Å². The molecule has 2 rings (SSSR count). The van der Waals surface area contributed by atoms with Crippen molar-refractivity contribution in [2.45, 2.75) is 51.0 Å². The molecule has 0 spiro atoms. The van der Waals surface area contributed by atoms with Crippen LogP contribution in [-0.4, -0.2) is 35.0 Å². The zero-order valence-electron chi connectivity index (χ0n) is 14.6. The minimum atomic E-state index is -1.20. The Morgan fingerprint density at radius 2 is 1.76 bits per heavy atom. The number of rotatable bonds is 7. The number of carboxylic acids is 1. The number of aliphatic carboxylic acids is 1. The molecule has 0 atom stereocenters. The van der Waals surface area contributed by atoms with Gasteiger partial charge in [-0.1, -0.05) is 43.7 Å². The molecular formula is C19H26N2O4. The third-order valence-electron chi connectivity index (χ3n) is 4.98. The Labute approximate surface area is 148 Å². The minimum absolute atomic E-state index is 0.191. The molecule has 6 nitrogen and oxygen atoms in total. The Bertz CT molecular complexity index is 607. The first-order valence-corrected chi connectivity index (χ1v) is 8.80. The van der Waals surface area contributed by atoms with Crippen molar-refractivity contribution < 1.29 is 19.5 Å². The third-order valence-corrected chi connectivity index (χ3v) is 4.98. The number of carbonyl (C=O) groups excluding carboxylic acids is 2. The lowest BCUT2D eigenvalue weighted by Gasteiger charge is -2.37. The van der Waals surface area contributed by atoms with Gasteiger partial charge in [0.1, 0.15) is 5.54 Å². The van der Waals surface area contributed by atoms with E-state index in [2.05, 4.69) is 17.6 Å². The monoisotopic (exact) mass is 346 g/mol. The predicted molar refractivity (Wildman–Crippen MR) is 93.9 cm³/mol. The lowest BCUT2D eigenvalue weighted by atomic mass is 9.75. The molecule has 6 heteroatoms. The lowest BCUT2D eigenvalue weighted by molar-refractivity contribution is -0.149. The molecule has 0 bridgehead atoms. The first-order valence-electron chi connectivity index (χ1n) is 8.80. The van der Waals surface area contributed by atoms with E-state index in [0.29, 0.717) is 18.8 Å². The minimum Gasteiger partial charge on any atom is -0.480 e. The summed E-state index contributed by atoms with van der Waals surface area (Å²) in [6, 6.07) is 9.24. The summed E-state index contributed by atoms with van der Waals surface area (Å²) in [6.45, 7) is 1.89. The maximum atomic E-state index is 12.1. The normalized spacial score (nSPS) is 22.8. The van der Waals surface area contributed by atoms with Gasteiger partial charge in [0.05, 0.1) is 13.0 Å². The first-order chi connectivity index (χ1) is 11.9. The van der Waals surface area contributed by atoms with Gasteiger partial charge in [0.25, 0.3) is 0 Å². The molecule has 3 N–H and O–H groups in total. The van der Waals surface area contributed by atoms with Crippen LogP contribution in [0, 0.1) is 5.92 Å². The molecule has 1 fully saturated rings. The standard InChI is InChI=1S/C19H26N2O4/c1-2-14-8-10-19(11-9-14,18(24)25)21-17(23)13-20-16(22)12-15-6-4-3-5-7-15/h3-7,14H,2,8-13H2,1H3,(H,20,22)(H,21,23)(H,24,25). The summed E-state index contributed by atoms with van der Waals surface area (Å²) in [5, 5.41) is 14.8. The van der Waals surface area contributed by atoms with E-state index in [-0.39, 0.29) is 18.9 Å². The highest BCUT2D eigenvalue weighted by atomic mass is 16.4. The molecular weight excluding hydrogens is 320 g/mol. The fraction of sp³-hybridized carbons (Fsp3) is 0.526. The Hall–Kier alpha value is -2.37. The third kappa shape index (κ3) is 5.31. The van der Waals surface area contributed by atoms with E-state index in [1.54, 1.807) is 0 Å². The fourth-order valence-corrected chi connectivity index (χ4v) is 3.30. The van der Waals surface area contributed by atoms with Crippen LogP contribution in [0.25, 0.3) is 0 Å². The molecule has 1 saturated carbocycles. The van der Waals surface area contributed by atoms with Gasteiger partial charge in [-0.05, 0) is 37.2 Å². The number of amides is 2. The summed E-state index contributed by atoms with van der Waals surface area (Å²) in [5.41, 5.74) is -0.340. The van der Waals surface area contributed by atoms with Gasteiger partial charge in [-0.25, -0.2) is 4.79 Å². The van der Waals surface area contributed by atoms with Gasteiger partial charge in [0.2, 0.25) is 11.8 Å². The van der Waals surface area contributed by atoms with Crippen LogP contribution in [-0.2, 0) is 20.8 Å². The Morgan fingerprint density at radius 3 is 2.32 bits per heavy atom. The number of carboxylic acid groups (broad SMARTS) is 1. The van der Waals surface area contributed by atoms with E-state index in [0.717, 1.165) is 24.8 Å². The zero-order valence-corrected chi connectivity index (χ0v) is 14.6. The number of hydrogen-bond acceptors (Lipinski definition) is 3. The Morgan fingerprint density at radius 1 is 1.12 bits per heavy atom. The van der Waals surface area contributed by atoms with Crippen molar-refractivity contribution in [3.63, 3.8) is 0 Å². The summed E-state index contributed by atoms with van der Waals surface area (Å²) < 4.78 is 0. The highest BCUT2D eigenvalue weighted by Crippen LogP contribution is 2.33. The smallest absolute Gasteiger partial charge is 0.329 e. The second-order valence-corrected chi connectivity index (χ2v) is 6.73. The Balaban J connectivity index is 1.83. The SMILES string of the molecule is CCC1CCC(NC(=O)CNC(=O)Cc2ccccc2)(C(=O)O)CC1. The van der Waals surface area contributed by atoms with Crippen molar-refractivity contribution in [3.05, 3.63) is 35.9 Å². The van der Waals surface area contributed by atoms with Crippen molar-refractivity contribution >= 4 is 17.8 Å². The van der Waals surface area contributed by atoms with Crippen LogP contribution in [0.5, 0.6) is 0 Å². The molecule has 136 valence electrons. The quantitative estimate of drug-likeness (QED) is 0.702.